The Bertz CT molecular complexity index is 1960. The van der Waals surface area contributed by atoms with Gasteiger partial charge in [0.2, 0.25) is 0 Å². The van der Waals surface area contributed by atoms with Gasteiger partial charge < -0.3 is 19.4 Å². The quantitative estimate of drug-likeness (QED) is 0.171. The van der Waals surface area contributed by atoms with Crippen molar-refractivity contribution >= 4 is 57.7 Å². The summed E-state index contributed by atoms with van der Waals surface area (Å²) in [6, 6.07) is 25.8. The van der Waals surface area contributed by atoms with Gasteiger partial charge in [0.25, 0.3) is 0 Å². The highest BCUT2D eigenvalue weighted by atomic mass is 35.5. The van der Waals surface area contributed by atoms with Crippen LogP contribution in [0.5, 0.6) is 0 Å². The lowest BCUT2D eigenvalue weighted by Crippen LogP contribution is -2.29. The summed E-state index contributed by atoms with van der Waals surface area (Å²) in [6.07, 6.45) is 15.2. The van der Waals surface area contributed by atoms with E-state index in [0.29, 0.717) is 12.1 Å². The van der Waals surface area contributed by atoms with Gasteiger partial charge in [0.05, 0.1) is 0 Å². The summed E-state index contributed by atoms with van der Waals surface area (Å²) in [5, 5.41) is 7.64. The molecule has 0 radical (unpaired) electrons. The van der Waals surface area contributed by atoms with Gasteiger partial charge in [0, 0.05) is 70.8 Å². The van der Waals surface area contributed by atoms with Crippen molar-refractivity contribution in [2.45, 2.75) is 71.1 Å². The average molecular weight is 718 g/mol. The maximum Gasteiger partial charge on any atom is 0.140 e. The third-order valence-corrected chi connectivity index (χ3v) is 10.1. The number of hydrogen-bond donors (Lipinski definition) is 1. The summed E-state index contributed by atoms with van der Waals surface area (Å²) >= 11 is 12.3. The summed E-state index contributed by atoms with van der Waals surface area (Å²) < 4.78 is 4.64. The normalized spacial score (nSPS) is 17.4. The van der Waals surface area contributed by atoms with E-state index in [-0.39, 0.29) is 19.8 Å². The van der Waals surface area contributed by atoms with Gasteiger partial charge in [-0.2, -0.15) is 0 Å². The maximum atomic E-state index is 6.14. The van der Waals surface area contributed by atoms with Gasteiger partial charge in [0.1, 0.15) is 11.3 Å². The Hall–Kier alpha value is -3.39. The van der Waals surface area contributed by atoms with Crippen molar-refractivity contribution in [2.24, 2.45) is 0 Å². The molecule has 2 atom stereocenters. The smallest absolute Gasteiger partial charge is 0.140 e. The van der Waals surface area contributed by atoms with Gasteiger partial charge >= 0.3 is 0 Å². The van der Waals surface area contributed by atoms with Crippen LogP contribution in [-0.2, 0) is 25.9 Å². The number of pyridine rings is 2. The van der Waals surface area contributed by atoms with Gasteiger partial charge in [-0.05, 0) is 129 Å². The fraction of sp³-hybridized carbons (Fsp3) is 0.350. The first-order chi connectivity index (χ1) is 23.0. The fourth-order valence-electron chi connectivity index (χ4n) is 7.27. The molecule has 9 heteroatoms. The van der Waals surface area contributed by atoms with E-state index in [2.05, 4.69) is 73.0 Å². The predicted octanol–water partition coefficient (Wildman–Crippen LogP) is 9.47. The second-order valence-corrected chi connectivity index (χ2v) is 13.9. The van der Waals surface area contributed by atoms with Crippen molar-refractivity contribution in [3.8, 4) is 0 Å². The van der Waals surface area contributed by atoms with Crippen molar-refractivity contribution in [3.05, 3.63) is 130 Å². The number of likely N-dealkylation sites (tertiary alicyclic amines) is 1. The van der Waals surface area contributed by atoms with E-state index in [0.717, 1.165) is 53.8 Å². The average Bonchev–Trinajstić information content (AvgIpc) is 3.88. The highest BCUT2D eigenvalue weighted by Gasteiger charge is 2.23. The molecule has 2 aliphatic heterocycles. The molecule has 6 heterocycles. The van der Waals surface area contributed by atoms with E-state index in [1.807, 2.05) is 60.9 Å². The van der Waals surface area contributed by atoms with Crippen molar-refractivity contribution in [3.63, 3.8) is 0 Å². The van der Waals surface area contributed by atoms with Crippen LogP contribution in [0.4, 0.5) is 0 Å². The van der Waals surface area contributed by atoms with Crippen molar-refractivity contribution < 1.29 is 0 Å². The van der Waals surface area contributed by atoms with Crippen LogP contribution in [0.25, 0.3) is 22.1 Å². The van der Waals surface area contributed by atoms with E-state index in [4.69, 9.17) is 23.2 Å². The number of benzene rings is 2. The van der Waals surface area contributed by atoms with Gasteiger partial charge in [0.15, 0.2) is 0 Å². The van der Waals surface area contributed by atoms with Crippen LogP contribution in [0, 0.1) is 0 Å². The first kappa shape index (κ1) is 36.9. The van der Waals surface area contributed by atoms with Crippen molar-refractivity contribution in [1.82, 2.24) is 29.3 Å². The highest BCUT2D eigenvalue weighted by molar-refractivity contribution is 6.30. The van der Waals surface area contributed by atoms with E-state index < -0.39 is 0 Å². The number of aromatic nitrogens is 4. The number of nitrogens with one attached hydrogen (secondary N) is 1. The molecule has 2 fully saturated rings. The number of likely N-dealkylation sites (N-methyl/N-ethyl adjacent to an activating group) is 1. The van der Waals surface area contributed by atoms with Crippen LogP contribution >= 0.6 is 35.6 Å². The molecular formula is C40H47Cl3N6. The standard InChI is InChI=1S/C20H22ClN3.C19H20ClN3.CH4.ClH/c1-23-10-4-7-18(23)14-24-13-16(19-8-3-9-22-20(19)24)11-15-5-2-6-17(21)12-15;20-16-5-1-4-14(11-16)10-15-12-23(13-17-6-2-8-21-17)19-18(15)7-3-9-22-19;;/h2-3,5-6,8-9,12-13,18H,4,7,10-11,14H2,1H3;1,3-5,7,9,11-12,17,21H,2,6,8,10,13H2;1H4;1H. The molecule has 0 amide bonds. The van der Waals surface area contributed by atoms with Gasteiger partial charge in [-0.15, -0.1) is 12.4 Å². The van der Waals surface area contributed by atoms with Crippen LogP contribution in [0.3, 0.4) is 0 Å². The molecule has 258 valence electrons. The molecule has 2 unspecified atom stereocenters. The Labute approximate surface area is 306 Å². The SMILES string of the molecule is C.CN1CCCC1Cn1cc(Cc2cccc(Cl)c2)c2cccnc21.Cl.Clc1cccc(Cc2cn(CC3CCCN3)c3ncccc23)c1. The summed E-state index contributed by atoms with van der Waals surface area (Å²) in [7, 11) is 2.23. The number of fused-ring (bicyclic) bond motifs is 2. The molecule has 6 aromatic rings. The van der Waals surface area contributed by atoms with Gasteiger partial charge in [-0.25, -0.2) is 9.97 Å². The zero-order chi connectivity index (χ0) is 32.2. The predicted molar refractivity (Wildman–Crippen MR) is 209 cm³/mol. The molecular weight excluding hydrogens is 671 g/mol. The number of hydrogen-bond acceptors (Lipinski definition) is 4. The largest absolute Gasteiger partial charge is 0.331 e. The first-order valence-electron chi connectivity index (χ1n) is 16.8. The second kappa shape index (κ2) is 17.0. The number of nitrogens with zero attached hydrogens (tertiary/aromatic N) is 5. The fourth-order valence-corrected chi connectivity index (χ4v) is 7.70. The van der Waals surface area contributed by atoms with Crippen LogP contribution in [0.1, 0.15) is 55.4 Å². The van der Waals surface area contributed by atoms with Crippen molar-refractivity contribution in [1.29, 1.82) is 0 Å². The molecule has 49 heavy (non-hydrogen) atoms. The third kappa shape index (κ3) is 8.86. The minimum Gasteiger partial charge on any atom is -0.331 e. The van der Waals surface area contributed by atoms with Crippen molar-refractivity contribution in [2.75, 3.05) is 20.1 Å². The molecule has 0 bridgehead atoms. The Morgan fingerprint density at radius 1 is 0.735 bits per heavy atom. The lowest BCUT2D eigenvalue weighted by molar-refractivity contribution is 0.284. The second-order valence-electron chi connectivity index (χ2n) is 13.0. The summed E-state index contributed by atoms with van der Waals surface area (Å²) in [6.45, 7) is 4.34. The molecule has 4 aromatic heterocycles. The monoisotopic (exact) mass is 716 g/mol. The molecule has 8 rings (SSSR count). The number of rotatable bonds is 8. The highest BCUT2D eigenvalue weighted by Crippen LogP contribution is 2.27. The molecule has 2 aromatic carbocycles. The maximum absolute atomic E-state index is 6.14. The van der Waals surface area contributed by atoms with E-state index in [1.165, 1.54) is 65.3 Å². The zero-order valence-corrected chi connectivity index (χ0v) is 29.7. The Morgan fingerprint density at radius 2 is 1.31 bits per heavy atom. The first-order valence-corrected chi connectivity index (χ1v) is 17.5. The molecule has 2 saturated heterocycles. The van der Waals surface area contributed by atoms with Crippen LogP contribution in [0.2, 0.25) is 10.0 Å². The van der Waals surface area contributed by atoms with E-state index in [9.17, 15) is 0 Å². The van der Waals surface area contributed by atoms with E-state index >= 15 is 0 Å². The minimum atomic E-state index is 0. The number of halogens is 3. The third-order valence-electron chi connectivity index (χ3n) is 9.66. The van der Waals surface area contributed by atoms with Gasteiger partial charge in [-0.1, -0.05) is 54.9 Å². The lowest BCUT2D eigenvalue weighted by Gasteiger charge is -2.20. The molecule has 0 aliphatic carbocycles. The van der Waals surface area contributed by atoms with E-state index in [1.54, 1.807) is 0 Å². The summed E-state index contributed by atoms with van der Waals surface area (Å²) in [5.41, 5.74) is 7.28. The van der Waals surface area contributed by atoms with Crippen LogP contribution in [-0.4, -0.2) is 56.2 Å². The Morgan fingerprint density at radius 3 is 1.80 bits per heavy atom. The Kier molecular flexibility index (Phi) is 12.8. The minimum absolute atomic E-state index is 0. The molecule has 1 N–H and O–H groups in total. The van der Waals surface area contributed by atoms with Crippen LogP contribution in [0.15, 0.2) is 97.6 Å². The summed E-state index contributed by atoms with van der Waals surface area (Å²) in [5.74, 6) is 0. The lowest BCUT2D eigenvalue weighted by atomic mass is 10.1. The topological polar surface area (TPSA) is 50.9 Å². The summed E-state index contributed by atoms with van der Waals surface area (Å²) in [4.78, 5) is 11.7. The zero-order valence-electron chi connectivity index (χ0n) is 27.4. The van der Waals surface area contributed by atoms with Crippen LogP contribution < -0.4 is 5.32 Å². The Balaban J connectivity index is 0.000000184. The molecule has 0 saturated carbocycles. The molecule has 0 spiro atoms. The van der Waals surface area contributed by atoms with Gasteiger partial charge in [-0.3, -0.25) is 0 Å². The molecule has 2 aliphatic rings. The molecule has 6 nitrogen and oxygen atoms in total.